The molecule has 26 heavy (non-hydrogen) atoms. The van der Waals surface area contributed by atoms with Crippen molar-refractivity contribution in [3.63, 3.8) is 0 Å². The van der Waals surface area contributed by atoms with Crippen LogP contribution >= 0.6 is 0 Å². The van der Waals surface area contributed by atoms with Crippen molar-refractivity contribution in [2.75, 3.05) is 7.11 Å². The molecule has 2 rings (SSSR count). The minimum atomic E-state index is -3.88. The third-order valence-electron chi connectivity index (χ3n) is 3.21. The van der Waals surface area contributed by atoms with E-state index < -0.39 is 21.5 Å². The van der Waals surface area contributed by atoms with Crippen LogP contribution in [0.1, 0.15) is 36.8 Å². The fourth-order valence-electron chi connectivity index (χ4n) is 2.18. The zero-order valence-electron chi connectivity index (χ0n) is 15.1. The lowest BCUT2D eigenvalue weighted by molar-refractivity contribution is 0.0467. The molecule has 0 bridgehead atoms. The van der Waals surface area contributed by atoms with Crippen LogP contribution in [0.3, 0.4) is 0 Å². The van der Waals surface area contributed by atoms with Crippen molar-refractivity contribution in [1.29, 1.82) is 0 Å². The fourth-order valence-corrected chi connectivity index (χ4v) is 3.79. The van der Waals surface area contributed by atoms with Gasteiger partial charge in [-0.05, 0) is 51.1 Å². The molecule has 1 heterocycles. The van der Waals surface area contributed by atoms with Crippen molar-refractivity contribution in [1.82, 2.24) is 9.71 Å². The highest BCUT2D eigenvalue weighted by atomic mass is 32.2. The van der Waals surface area contributed by atoms with Gasteiger partial charge in [0.2, 0.25) is 10.0 Å². The summed E-state index contributed by atoms with van der Waals surface area (Å²) in [7, 11) is -2.51. The van der Waals surface area contributed by atoms with Crippen molar-refractivity contribution in [2.45, 2.75) is 37.8 Å². The molecule has 1 aromatic carbocycles. The number of ether oxygens (including phenoxy) is 2. The number of hydrogen-bond acceptors (Lipinski definition) is 6. The van der Waals surface area contributed by atoms with E-state index in [2.05, 4.69) is 9.71 Å². The van der Waals surface area contributed by atoms with E-state index >= 15 is 0 Å². The summed E-state index contributed by atoms with van der Waals surface area (Å²) in [5.74, 6) is -0.506. The molecule has 0 saturated heterocycles. The Morgan fingerprint density at radius 2 is 1.92 bits per heavy atom. The maximum atomic E-state index is 12.6. The fraction of sp³-hybridized carbons (Fsp3) is 0.333. The molecule has 1 N–H and O–H groups in total. The second-order valence-corrected chi connectivity index (χ2v) is 8.27. The largest absolute Gasteiger partial charge is 0.495 e. The van der Waals surface area contributed by atoms with E-state index in [9.17, 15) is 13.2 Å². The molecule has 0 amide bonds. The monoisotopic (exact) mass is 378 g/mol. The maximum absolute atomic E-state index is 12.6. The predicted octanol–water partition coefficient (Wildman–Crippen LogP) is 2.52. The van der Waals surface area contributed by atoms with E-state index in [1.54, 1.807) is 45.2 Å². The highest BCUT2D eigenvalue weighted by Crippen LogP contribution is 2.26. The molecule has 0 aliphatic carbocycles. The van der Waals surface area contributed by atoms with Crippen LogP contribution in [0.5, 0.6) is 5.75 Å². The number of methoxy groups -OCH3 is 1. The van der Waals surface area contributed by atoms with Gasteiger partial charge in [-0.3, -0.25) is 4.98 Å². The number of sulfonamides is 1. The normalized spacial score (nSPS) is 11.8. The van der Waals surface area contributed by atoms with Gasteiger partial charge in [-0.2, -0.15) is 0 Å². The molecule has 8 heteroatoms. The summed E-state index contributed by atoms with van der Waals surface area (Å²) in [6.07, 6.45) is 1.60. The molecule has 0 radical (unpaired) electrons. The molecule has 0 aliphatic rings. The summed E-state index contributed by atoms with van der Waals surface area (Å²) in [4.78, 5) is 16.2. The number of carbonyl (C=O) groups excluding carboxylic acids is 1. The van der Waals surface area contributed by atoms with Gasteiger partial charge in [-0.25, -0.2) is 17.9 Å². The van der Waals surface area contributed by atoms with Gasteiger partial charge in [0, 0.05) is 11.7 Å². The van der Waals surface area contributed by atoms with Gasteiger partial charge in [-0.1, -0.05) is 6.07 Å². The van der Waals surface area contributed by atoms with E-state index in [0.717, 1.165) is 0 Å². The predicted molar refractivity (Wildman–Crippen MR) is 96.4 cm³/mol. The molecule has 7 nitrogen and oxygen atoms in total. The van der Waals surface area contributed by atoms with Gasteiger partial charge in [0.25, 0.3) is 0 Å². The van der Waals surface area contributed by atoms with E-state index in [1.165, 1.54) is 25.3 Å². The van der Waals surface area contributed by atoms with Crippen LogP contribution in [-0.4, -0.2) is 32.0 Å². The van der Waals surface area contributed by atoms with Crippen molar-refractivity contribution in [2.24, 2.45) is 0 Å². The van der Waals surface area contributed by atoms with Crippen LogP contribution in [0.25, 0.3) is 0 Å². The Bertz CT molecular complexity index is 874. The summed E-state index contributed by atoms with van der Waals surface area (Å²) >= 11 is 0. The topological polar surface area (TPSA) is 94.6 Å². The number of hydrogen-bond donors (Lipinski definition) is 1. The van der Waals surface area contributed by atoms with Gasteiger partial charge in [-0.15, -0.1) is 0 Å². The molecule has 0 spiro atoms. The molecule has 0 saturated carbocycles. The number of pyridine rings is 1. The first kappa shape index (κ1) is 19.9. The first-order chi connectivity index (χ1) is 12.1. The molecule has 1 aromatic heterocycles. The van der Waals surface area contributed by atoms with Gasteiger partial charge in [0.1, 0.15) is 17.3 Å². The summed E-state index contributed by atoms with van der Waals surface area (Å²) < 4.78 is 38.1. The maximum Gasteiger partial charge on any atom is 0.338 e. The zero-order valence-corrected chi connectivity index (χ0v) is 16.0. The standard InChI is InChI=1S/C18H22N2O5S/c1-18(2,3)20-26(22,23)16-11-13(8-9-15(16)24-4)17(21)25-12-14-7-5-6-10-19-14/h5-11,20H,12H2,1-4H3. The van der Waals surface area contributed by atoms with E-state index in [0.29, 0.717) is 5.69 Å². The number of esters is 1. The summed E-state index contributed by atoms with van der Waals surface area (Å²) in [6, 6.07) is 9.39. The molecule has 0 fully saturated rings. The van der Waals surface area contributed by atoms with Crippen LogP contribution < -0.4 is 9.46 Å². The van der Waals surface area contributed by atoms with Crippen LogP contribution in [-0.2, 0) is 21.4 Å². The lowest BCUT2D eigenvalue weighted by atomic mass is 10.1. The SMILES string of the molecule is COc1ccc(C(=O)OCc2ccccn2)cc1S(=O)(=O)NC(C)(C)C. The molecule has 2 aromatic rings. The molecular weight excluding hydrogens is 356 g/mol. The molecule has 0 atom stereocenters. The Morgan fingerprint density at radius 1 is 1.19 bits per heavy atom. The van der Waals surface area contributed by atoms with Gasteiger partial charge >= 0.3 is 5.97 Å². The van der Waals surface area contributed by atoms with Crippen molar-refractivity contribution in [3.05, 3.63) is 53.9 Å². The van der Waals surface area contributed by atoms with Gasteiger partial charge in [0.05, 0.1) is 18.4 Å². The number of benzene rings is 1. The summed E-state index contributed by atoms with van der Waals surface area (Å²) in [6.45, 7) is 5.17. The second-order valence-electron chi connectivity index (χ2n) is 6.62. The van der Waals surface area contributed by atoms with E-state index in [4.69, 9.17) is 9.47 Å². The average molecular weight is 378 g/mol. The van der Waals surface area contributed by atoms with E-state index in [1.807, 2.05) is 0 Å². The Labute approximate surface area is 153 Å². The molecule has 0 unspecified atom stereocenters. The number of rotatable bonds is 6. The Balaban J connectivity index is 2.27. The summed E-state index contributed by atoms with van der Waals surface area (Å²) in [5.41, 5.74) is 0.0203. The summed E-state index contributed by atoms with van der Waals surface area (Å²) in [5, 5.41) is 0. The molecule has 0 aliphatic heterocycles. The van der Waals surface area contributed by atoms with Crippen molar-refractivity contribution >= 4 is 16.0 Å². The zero-order chi connectivity index (χ0) is 19.4. The van der Waals surface area contributed by atoms with Crippen LogP contribution in [0.4, 0.5) is 0 Å². The first-order valence-corrected chi connectivity index (χ1v) is 9.40. The lowest BCUT2D eigenvalue weighted by Gasteiger charge is -2.21. The van der Waals surface area contributed by atoms with Crippen LogP contribution in [0, 0.1) is 0 Å². The highest BCUT2D eigenvalue weighted by Gasteiger charge is 2.26. The van der Waals surface area contributed by atoms with Gasteiger partial charge in [0.15, 0.2) is 0 Å². The highest BCUT2D eigenvalue weighted by molar-refractivity contribution is 7.89. The second kappa shape index (κ2) is 7.84. The Kier molecular flexibility index (Phi) is 5.99. The number of carbonyl (C=O) groups is 1. The number of nitrogens with zero attached hydrogens (tertiary/aromatic N) is 1. The van der Waals surface area contributed by atoms with Crippen molar-refractivity contribution in [3.8, 4) is 5.75 Å². The van der Waals surface area contributed by atoms with Crippen LogP contribution in [0.2, 0.25) is 0 Å². The first-order valence-electron chi connectivity index (χ1n) is 7.91. The lowest BCUT2D eigenvalue weighted by Crippen LogP contribution is -2.40. The smallest absolute Gasteiger partial charge is 0.338 e. The third-order valence-corrected chi connectivity index (χ3v) is 4.99. The van der Waals surface area contributed by atoms with Crippen molar-refractivity contribution < 1.29 is 22.7 Å². The molecule has 140 valence electrons. The third kappa shape index (κ3) is 5.27. The molecular formula is C18H22N2O5S. The average Bonchev–Trinajstić information content (AvgIpc) is 2.58. The minimum Gasteiger partial charge on any atom is -0.495 e. The quantitative estimate of drug-likeness (QED) is 0.776. The Morgan fingerprint density at radius 3 is 2.50 bits per heavy atom. The number of nitrogens with one attached hydrogen (secondary N) is 1. The number of aromatic nitrogens is 1. The van der Waals surface area contributed by atoms with Crippen LogP contribution in [0.15, 0.2) is 47.5 Å². The Hall–Kier alpha value is -2.45. The van der Waals surface area contributed by atoms with Gasteiger partial charge < -0.3 is 9.47 Å². The minimum absolute atomic E-state index is 0.00593. The van der Waals surface area contributed by atoms with E-state index in [-0.39, 0.29) is 22.8 Å².